The Morgan fingerprint density at radius 3 is 2.94 bits per heavy atom. The number of ketones is 1. The Labute approximate surface area is 95.4 Å². The Morgan fingerprint density at radius 1 is 1.31 bits per heavy atom. The number of para-hydroxylation sites is 1. The van der Waals surface area contributed by atoms with Crippen LogP contribution in [0.25, 0.3) is 0 Å². The van der Waals surface area contributed by atoms with Crippen molar-refractivity contribution in [1.82, 2.24) is 0 Å². The Balaban J connectivity index is 2.23. The average Bonchev–Trinajstić information content (AvgIpc) is 2.35. The van der Waals surface area contributed by atoms with Crippen molar-refractivity contribution >= 4 is 5.78 Å². The van der Waals surface area contributed by atoms with E-state index in [0.29, 0.717) is 36.7 Å². The monoisotopic (exact) mass is 220 g/mol. The van der Waals surface area contributed by atoms with Crippen molar-refractivity contribution in [3.63, 3.8) is 0 Å². The fourth-order valence-corrected chi connectivity index (χ4v) is 1.77. The topological polar surface area (TPSA) is 35.5 Å². The summed E-state index contributed by atoms with van der Waals surface area (Å²) >= 11 is 0. The third kappa shape index (κ3) is 2.18. The van der Waals surface area contributed by atoms with E-state index in [0.717, 1.165) is 12.8 Å². The first kappa shape index (κ1) is 11.0. The van der Waals surface area contributed by atoms with E-state index in [4.69, 9.17) is 9.47 Å². The van der Waals surface area contributed by atoms with E-state index >= 15 is 0 Å². The number of Topliss-reactive ketones (excluding diaryl/α,β-unsaturated/α-hetero) is 1. The number of rotatable bonds is 4. The molecule has 0 amide bonds. The largest absolute Gasteiger partial charge is 0.486 e. The molecule has 0 unspecified atom stereocenters. The van der Waals surface area contributed by atoms with Crippen LogP contribution in [0.15, 0.2) is 18.2 Å². The number of carbonyl (C=O) groups is 1. The van der Waals surface area contributed by atoms with Gasteiger partial charge < -0.3 is 9.47 Å². The van der Waals surface area contributed by atoms with Crippen molar-refractivity contribution < 1.29 is 14.3 Å². The lowest BCUT2D eigenvalue weighted by Crippen LogP contribution is -2.17. The third-order valence-electron chi connectivity index (χ3n) is 2.62. The highest BCUT2D eigenvalue weighted by molar-refractivity contribution is 5.99. The quantitative estimate of drug-likeness (QED) is 0.732. The molecule has 86 valence electrons. The molecule has 0 atom stereocenters. The second kappa shape index (κ2) is 5.01. The lowest BCUT2D eigenvalue weighted by Gasteiger charge is -2.20. The van der Waals surface area contributed by atoms with Crippen LogP contribution in [0.2, 0.25) is 0 Å². The van der Waals surface area contributed by atoms with Crippen molar-refractivity contribution in [2.45, 2.75) is 26.2 Å². The van der Waals surface area contributed by atoms with Crippen LogP contribution in [0.5, 0.6) is 11.5 Å². The summed E-state index contributed by atoms with van der Waals surface area (Å²) in [7, 11) is 0. The summed E-state index contributed by atoms with van der Waals surface area (Å²) in [6, 6.07) is 5.49. The summed E-state index contributed by atoms with van der Waals surface area (Å²) in [6.07, 6.45) is 2.53. The van der Waals surface area contributed by atoms with Gasteiger partial charge >= 0.3 is 0 Å². The van der Waals surface area contributed by atoms with Gasteiger partial charge in [0, 0.05) is 6.42 Å². The number of ether oxygens (including phenoxy) is 2. The van der Waals surface area contributed by atoms with E-state index in [2.05, 4.69) is 6.92 Å². The fraction of sp³-hybridized carbons (Fsp3) is 0.462. The van der Waals surface area contributed by atoms with Crippen LogP contribution in [-0.2, 0) is 0 Å². The van der Waals surface area contributed by atoms with Gasteiger partial charge in [0.15, 0.2) is 17.3 Å². The third-order valence-corrected chi connectivity index (χ3v) is 2.62. The molecule has 0 aromatic heterocycles. The van der Waals surface area contributed by atoms with Gasteiger partial charge in [-0.05, 0) is 18.6 Å². The van der Waals surface area contributed by atoms with Crippen LogP contribution in [0, 0.1) is 0 Å². The molecule has 16 heavy (non-hydrogen) atoms. The molecule has 1 aliphatic rings. The Bertz CT molecular complexity index is 385. The molecule has 0 spiro atoms. The number of unbranched alkanes of at least 4 members (excludes halogenated alkanes) is 1. The molecule has 1 heterocycles. The lowest BCUT2D eigenvalue weighted by atomic mass is 10.0. The van der Waals surface area contributed by atoms with Crippen LogP contribution >= 0.6 is 0 Å². The fourth-order valence-electron chi connectivity index (χ4n) is 1.77. The summed E-state index contributed by atoms with van der Waals surface area (Å²) in [5.74, 6) is 1.45. The zero-order valence-corrected chi connectivity index (χ0v) is 9.49. The highest BCUT2D eigenvalue weighted by atomic mass is 16.6. The number of carbonyl (C=O) groups excluding carboxylic acids is 1. The molecular weight excluding hydrogens is 204 g/mol. The van der Waals surface area contributed by atoms with Gasteiger partial charge in [0.05, 0.1) is 5.56 Å². The summed E-state index contributed by atoms with van der Waals surface area (Å²) < 4.78 is 11.0. The highest BCUT2D eigenvalue weighted by Crippen LogP contribution is 2.34. The molecule has 2 rings (SSSR count). The predicted octanol–water partition coefficient (Wildman–Crippen LogP) is 2.83. The van der Waals surface area contributed by atoms with Crippen LogP contribution < -0.4 is 9.47 Å². The maximum Gasteiger partial charge on any atom is 0.172 e. The summed E-state index contributed by atoms with van der Waals surface area (Å²) in [5.41, 5.74) is 0.658. The second-order valence-corrected chi connectivity index (χ2v) is 3.86. The maximum absolute atomic E-state index is 11.9. The standard InChI is InChI=1S/C13H16O3/c1-2-3-6-11(14)10-5-4-7-12-13(10)16-9-8-15-12/h4-5,7H,2-3,6,8-9H2,1H3. The van der Waals surface area contributed by atoms with Crippen molar-refractivity contribution in [3.8, 4) is 11.5 Å². The van der Waals surface area contributed by atoms with Crippen molar-refractivity contribution in [2.75, 3.05) is 13.2 Å². The zero-order valence-electron chi connectivity index (χ0n) is 9.49. The predicted molar refractivity (Wildman–Crippen MR) is 61.3 cm³/mol. The van der Waals surface area contributed by atoms with E-state index in [9.17, 15) is 4.79 Å². The molecule has 1 aliphatic heterocycles. The van der Waals surface area contributed by atoms with E-state index in [1.54, 1.807) is 0 Å². The minimum absolute atomic E-state index is 0.143. The Morgan fingerprint density at radius 2 is 2.12 bits per heavy atom. The van der Waals surface area contributed by atoms with Crippen molar-refractivity contribution in [1.29, 1.82) is 0 Å². The first-order valence-electron chi connectivity index (χ1n) is 5.74. The first-order chi connectivity index (χ1) is 7.83. The molecule has 0 bridgehead atoms. The minimum atomic E-state index is 0.143. The molecular formula is C13H16O3. The molecule has 3 nitrogen and oxygen atoms in total. The first-order valence-corrected chi connectivity index (χ1v) is 5.74. The Hall–Kier alpha value is -1.51. The number of hydrogen-bond acceptors (Lipinski definition) is 3. The van der Waals surface area contributed by atoms with Gasteiger partial charge in [-0.1, -0.05) is 19.4 Å². The second-order valence-electron chi connectivity index (χ2n) is 3.86. The minimum Gasteiger partial charge on any atom is -0.486 e. The molecule has 1 aromatic rings. The molecule has 0 N–H and O–H groups in total. The molecule has 0 saturated heterocycles. The van der Waals surface area contributed by atoms with Crippen LogP contribution in [-0.4, -0.2) is 19.0 Å². The van der Waals surface area contributed by atoms with Crippen LogP contribution in [0.4, 0.5) is 0 Å². The number of fused-ring (bicyclic) bond motifs is 1. The van der Waals surface area contributed by atoms with Gasteiger partial charge in [-0.25, -0.2) is 0 Å². The van der Waals surface area contributed by atoms with Gasteiger partial charge in [0.1, 0.15) is 13.2 Å². The molecule has 1 aromatic carbocycles. The normalized spacial score (nSPS) is 13.6. The van der Waals surface area contributed by atoms with Crippen LogP contribution in [0.1, 0.15) is 36.5 Å². The van der Waals surface area contributed by atoms with Crippen molar-refractivity contribution in [2.24, 2.45) is 0 Å². The van der Waals surface area contributed by atoms with Gasteiger partial charge in [0.2, 0.25) is 0 Å². The zero-order chi connectivity index (χ0) is 11.4. The molecule has 0 saturated carbocycles. The van der Waals surface area contributed by atoms with Gasteiger partial charge in [-0.15, -0.1) is 0 Å². The summed E-state index contributed by atoms with van der Waals surface area (Å²) in [4.78, 5) is 11.9. The average molecular weight is 220 g/mol. The number of benzene rings is 1. The molecule has 3 heteroatoms. The van der Waals surface area contributed by atoms with Crippen LogP contribution in [0.3, 0.4) is 0 Å². The Kier molecular flexibility index (Phi) is 3.44. The molecule has 0 aliphatic carbocycles. The smallest absolute Gasteiger partial charge is 0.172 e. The maximum atomic E-state index is 11.9. The van der Waals surface area contributed by atoms with E-state index in [1.807, 2.05) is 18.2 Å². The molecule has 0 radical (unpaired) electrons. The summed E-state index contributed by atoms with van der Waals surface area (Å²) in [5, 5.41) is 0. The van der Waals surface area contributed by atoms with E-state index < -0.39 is 0 Å². The summed E-state index contributed by atoms with van der Waals surface area (Å²) in [6.45, 7) is 3.15. The van der Waals surface area contributed by atoms with Gasteiger partial charge in [-0.3, -0.25) is 4.79 Å². The van der Waals surface area contributed by atoms with Gasteiger partial charge in [0.25, 0.3) is 0 Å². The lowest BCUT2D eigenvalue weighted by molar-refractivity contribution is 0.0968. The van der Waals surface area contributed by atoms with E-state index in [-0.39, 0.29) is 5.78 Å². The van der Waals surface area contributed by atoms with Gasteiger partial charge in [-0.2, -0.15) is 0 Å². The number of hydrogen-bond donors (Lipinski definition) is 0. The highest BCUT2D eigenvalue weighted by Gasteiger charge is 2.19. The van der Waals surface area contributed by atoms with Crippen molar-refractivity contribution in [3.05, 3.63) is 23.8 Å². The SMILES string of the molecule is CCCCC(=O)c1cccc2c1OCCO2. The molecule has 0 fully saturated rings. The van der Waals surface area contributed by atoms with E-state index in [1.165, 1.54) is 0 Å².